The predicted molar refractivity (Wildman–Crippen MR) is 114 cm³/mol. The molecular weight excluding hydrogens is 388 g/mol. The Morgan fingerprint density at radius 3 is 2.72 bits per heavy atom. The van der Waals surface area contributed by atoms with Crippen LogP contribution in [-0.4, -0.2) is 28.1 Å². The van der Waals surface area contributed by atoms with Crippen molar-refractivity contribution in [2.75, 3.05) is 16.8 Å². The van der Waals surface area contributed by atoms with E-state index in [0.29, 0.717) is 27.5 Å². The van der Waals surface area contributed by atoms with Crippen molar-refractivity contribution in [1.29, 1.82) is 0 Å². The van der Waals surface area contributed by atoms with E-state index in [1.807, 2.05) is 36.4 Å². The van der Waals surface area contributed by atoms with Crippen LogP contribution in [0.2, 0.25) is 5.02 Å². The second kappa shape index (κ2) is 7.72. The number of anilines is 2. The molecule has 1 aromatic heterocycles. The van der Waals surface area contributed by atoms with E-state index in [2.05, 4.69) is 10.4 Å². The van der Waals surface area contributed by atoms with E-state index in [1.54, 1.807) is 35.8 Å². The third-order valence-electron chi connectivity index (χ3n) is 5.04. The molecule has 0 saturated heterocycles. The number of hydrogen-bond acceptors (Lipinski definition) is 3. The topological polar surface area (TPSA) is 67.2 Å². The van der Waals surface area contributed by atoms with Gasteiger partial charge in [0.15, 0.2) is 0 Å². The van der Waals surface area contributed by atoms with Crippen LogP contribution in [0, 0.1) is 0 Å². The van der Waals surface area contributed by atoms with Gasteiger partial charge in [-0.3, -0.25) is 14.3 Å². The van der Waals surface area contributed by atoms with Crippen molar-refractivity contribution >= 4 is 34.8 Å². The predicted octanol–water partition coefficient (Wildman–Crippen LogP) is 4.29. The SMILES string of the molecule is CC(=O)N1CCCc2cc(NC(=O)c3cn(C)nc3-c3ccccc3Cl)ccc21. The highest BCUT2D eigenvalue weighted by atomic mass is 35.5. The number of rotatable bonds is 3. The third-order valence-corrected chi connectivity index (χ3v) is 5.37. The highest BCUT2D eigenvalue weighted by Gasteiger charge is 2.22. The normalized spacial score (nSPS) is 13.1. The number of benzene rings is 2. The largest absolute Gasteiger partial charge is 0.322 e. The summed E-state index contributed by atoms with van der Waals surface area (Å²) in [5.74, 6) is -0.227. The number of hydrogen-bond donors (Lipinski definition) is 1. The summed E-state index contributed by atoms with van der Waals surface area (Å²) in [6.07, 6.45) is 3.47. The Kier molecular flexibility index (Phi) is 5.11. The summed E-state index contributed by atoms with van der Waals surface area (Å²) >= 11 is 6.31. The van der Waals surface area contributed by atoms with Crippen LogP contribution in [0.1, 0.15) is 29.3 Å². The van der Waals surface area contributed by atoms with Crippen LogP contribution in [-0.2, 0) is 18.3 Å². The Bertz CT molecular complexity index is 1110. The third kappa shape index (κ3) is 3.76. The molecule has 1 N–H and O–H groups in total. The summed E-state index contributed by atoms with van der Waals surface area (Å²) in [6.45, 7) is 2.30. The molecule has 2 amide bonds. The van der Waals surface area contributed by atoms with E-state index < -0.39 is 0 Å². The van der Waals surface area contributed by atoms with Crippen molar-refractivity contribution < 1.29 is 9.59 Å². The van der Waals surface area contributed by atoms with Crippen molar-refractivity contribution in [3.8, 4) is 11.3 Å². The number of aryl methyl sites for hydroxylation is 2. The Labute approximate surface area is 174 Å². The first-order valence-corrected chi connectivity index (χ1v) is 9.83. The number of carbonyl (C=O) groups is 2. The highest BCUT2D eigenvalue weighted by Crippen LogP contribution is 2.32. The van der Waals surface area contributed by atoms with E-state index in [4.69, 9.17) is 11.6 Å². The van der Waals surface area contributed by atoms with Gasteiger partial charge in [0.25, 0.3) is 5.91 Å². The van der Waals surface area contributed by atoms with Crippen molar-refractivity contribution in [3.05, 3.63) is 64.8 Å². The summed E-state index contributed by atoms with van der Waals surface area (Å²) in [6, 6.07) is 13.0. The molecule has 2 heterocycles. The van der Waals surface area contributed by atoms with Gasteiger partial charge in [0.05, 0.1) is 10.6 Å². The molecule has 6 nitrogen and oxygen atoms in total. The monoisotopic (exact) mass is 408 g/mol. The summed E-state index contributed by atoms with van der Waals surface area (Å²) in [4.78, 5) is 26.6. The van der Waals surface area contributed by atoms with Crippen LogP contribution in [0.25, 0.3) is 11.3 Å². The van der Waals surface area contributed by atoms with Crippen LogP contribution >= 0.6 is 11.6 Å². The lowest BCUT2D eigenvalue weighted by molar-refractivity contribution is -0.116. The van der Waals surface area contributed by atoms with Gasteiger partial charge in [0, 0.05) is 43.7 Å². The van der Waals surface area contributed by atoms with Gasteiger partial charge in [-0.2, -0.15) is 5.10 Å². The molecule has 1 aliphatic rings. The zero-order valence-corrected chi connectivity index (χ0v) is 17.0. The molecule has 7 heteroatoms. The Balaban J connectivity index is 1.63. The standard InChI is InChI=1S/C22H21ClN4O2/c1-14(28)27-11-5-6-15-12-16(9-10-20(15)27)24-22(29)18-13-26(2)25-21(18)17-7-3-4-8-19(17)23/h3-4,7-10,12-13H,5-6,11H2,1-2H3,(H,24,29). The van der Waals surface area contributed by atoms with Gasteiger partial charge in [-0.05, 0) is 42.7 Å². The first-order chi connectivity index (χ1) is 13.9. The van der Waals surface area contributed by atoms with Gasteiger partial charge in [-0.25, -0.2) is 0 Å². The number of aromatic nitrogens is 2. The molecule has 1 aliphatic heterocycles. The van der Waals surface area contributed by atoms with E-state index in [1.165, 1.54) is 0 Å². The van der Waals surface area contributed by atoms with E-state index in [0.717, 1.165) is 30.6 Å². The molecule has 3 aromatic rings. The molecule has 29 heavy (non-hydrogen) atoms. The number of nitrogens with zero attached hydrogens (tertiary/aromatic N) is 3. The smallest absolute Gasteiger partial charge is 0.259 e. The van der Waals surface area contributed by atoms with E-state index in [9.17, 15) is 9.59 Å². The summed E-state index contributed by atoms with van der Waals surface area (Å²) in [5, 5.41) is 7.93. The Morgan fingerprint density at radius 2 is 1.97 bits per heavy atom. The van der Waals surface area contributed by atoms with E-state index in [-0.39, 0.29) is 11.8 Å². The fraction of sp³-hybridized carbons (Fsp3) is 0.227. The van der Waals surface area contributed by atoms with Crippen LogP contribution in [0.5, 0.6) is 0 Å². The fourth-order valence-corrected chi connectivity index (χ4v) is 3.93. The number of halogens is 1. The van der Waals surface area contributed by atoms with Crippen LogP contribution < -0.4 is 10.2 Å². The highest BCUT2D eigenvalue weighted by molar-refractivity contribution is 6.33. The molecule has 0 spiro atoms. The average molecular weight is 409 g/mol. The quantitative estimate of drug-likeness (QED) is 0.702. The minimum atomic E-state index is -0.257. The molecule has 0 saturated carbocycles. The fourth-order valence-electron chi connectivity index (χ4n) is 3.71. The van der Waals surface area contributed by atoms with Gasteiger partial charge in [0.2, 0.25) is 5.91 Å². The summed E-state index contributed by atoms with van der Waals surface area (Å²) in [5.41, 5.74) is 4.36. The van der Waals surface area contributed by atoms with Crippen molar-refractivity contribution in [1.82, 2.24) is 9.78 Å². The molecule has 2 aromatic carbocycles. The van der Waals surface area contributed by atoms with Gasteiger partial charge < -0.3 is 10.2 Å². The van der Waals surface area contributed by atoms with E-state index >= 15 is 0 Å². The van der Waals surface area contributed by atoms with Gasteiger partial charge >= 0.3 is 0 Å². The first kappa shape index (κ1) is 19.2. The maximum absolute atomic E-state index is 13.0. The number of nitrogens with one attached hydrogen (secondary N) is 1. The summed E-state index contributed by atoms with van der Waals surface area (Å²) < 4.78 is 1.60. The Hall–Kier alpha value is -3.12. The molecule has 0 fully saturated rings. The molecule has 4 rings (SSSR count). The Morgan fingerprint density at radius 1 is 1.17 bits per heavy atom. The molecule has 0 atom stereocenters. The van der Waals surface area contributed by atoms with Gasteiger partial charge in [-0.15, -0.1) is 0 Å². The zero-order valence-electron chi connectivity index (χ0n) is 16.3. The lowest BCUT2D eigenvalue weighted by Gasteiger charge is -2.29. The van der Waals surface area contributed by atoms with Crippen molar-refractivity contribution in [2.24, 2.45) is 7.05 Å². The molecule has 0 unspecified atom stereocenters. The van der Waals surface area contributed by atoms with Gasteiger partial charge in [0.1, 0.15) is 5.69 Å². The summed E-state index contributed by atoms with van der Waals surface area (Å²) in [7, 11) is 1.77. The van der Waals surface area contributed by atoms with Crippen LogP contribution in [0.3, 0.4) is 0 Å². The maximum Gasteiger partial charge on any atom is 0.259 e. The molecule has 0 bridgehead atoms. The van der Waals surface area contributed by atoms with Crippen molar-refractivity contribution in [2.45, 2.75) is 19.8 Å². The van der Waals surface area contributed by atoms with Crippen LogP contribution in [0.15, 0.2) is 48.7 Å². The molecule has 0 radical (unpaired) electrons. The molecule has 148 valence electrons. The lowest BCUT2D eigenvalue weighted by Crippen LogP contribution is -2.33. The second-order valence-electron chi connectivity index (χ2n) is 7.12. The first-order valence-electron chi connectivity index (χ1n) is 9.45. The number of carbonyl (C=O) groups excluding carboxylic acids is 2. The minimum absolute atomic E-state index is 0.0301. The molecule has 0 aliphatic carbocycles. The number of fused-ring (bicyclic) bond motifs is 1. The van der Waals surface area contributed by atoms with Gasteiger partial charge in [-0.1, -0.05) is 29.8 Å². The average Bonchev–Trinajstić information content (AvgIpc) is 3.09. The minimum Gasteiger partial charge on any atom is -0.322 e. The maximum atomic E-state index is 13.0. The second-order valence-corrected chi connectivity index (χ2v) is 7.52. The van der Waals surface area contributed by atoms with Crippen LogP contribution in [0.4, 0.5) is 11.4 Å². The van der Waals surface area contributed by atoms with Crippen molar-refractivity contribution in [3.63, 3.8) is 0 Å². The number of amides is 2. The zero-order chi connectivity index (χ0) is 20.5. The lowest BCUT2D eigenvalue weighted by atomic mass is 10.0. The molecular formula is C22H21ClN4O2.